The lowest BCUT2D eigenvalue weighted by Gasteiger charge is -2.21. The molecule has 1 aliphatic carbocycles. The first-order chi connectivity index (χ1) is 8.88. The fraction of sp³-hybridized carbons (Fsp3) is 0.667. The highest BCUT2D eigenvalue weighted by Crippen LogP contribution is 2.25. The third-order valence-corrected chi connectivity index (χ3v) is 3.50. The van der Waals surface area contributed by atoms with Crippen LogP contribution in [0.5, 0.6) is 5.75 Å². The molecule has 0 saturated heterocycles. The average Bonchev–Trinajstić information content (AvgIpc) is 2.44. The van der Waals surface area contributed by atoms with Crippen LogP contribution in [0.1, 0.15) is 45.4 Å². The number of aromatic nitrogens is 1. The molecule has 3 heteroatoms. The predicted molar refractivity (Wildman–Crippen MR) is 75.1 cm³/mol. The summed E-state index contributed by atoms with van der Waals surface area (Å²) in [6.07, 6.45) is 9.71. The summed E-state index contributed by atoms with van der Waals surface area (Å²) in [6, 6.07) is 3.94. The minimum atomic E-state index is 0.749. The maximum Gasteiger partial charge on any atom is 0.129 e. The highest BCUT2D eigenvalue weighted by Gasteiger charge is 2.13. The van der Waals surface area contributed by atoms with E-state index in [2.05, 4.69) is 17.2 Å². The maximum absolute atomic E-state index is 5.89. The third kappa shape index (κ3) is 4.21. The van der Waals surface area contributed by atoms with Gasteiger partial charge in [-0.1, -0.05) is 26.2 Å². The number of hydrogen-bond acceptors (Lipinski definition) is 3. The Morgan fingerprint density at radius 1 is 1.33 bits per heavy atom. The Labute approximate surface area is 110 Å². The molecular weight excluding hydrogens is 224 g/mol. The van der Waals surface area contributed by atoms with E-state index in [1.165, 1.54) is 32.1 Å². The Balaban J connectivity index is 1.80. The molecule has 0 bridgehead atoms. The second-order valence-corrected chi connectivity index (χ2v) is 5.12. The van der Waals surface area contributed by atoms with Gasteiger partial charge in [0.1, 0.15) is 11.6 Å². The molecule has 0 radical (unpaired) electrons. The van der Waals surface area contributed by atoms with E-state index in [1.54, 1.807) is 0 Å². The van der Waals surface area contributed by atoms with E-state index in [9.17, 15) is 0 Å². The van der Waals surface area contributed by atoms with Crippen molar-refractivity contribution in [3.8, 4) is 5.75 Å². The Morgan fingerprint density at radius 2 is 2.17 bits per heavy atom. The number of nitrogens with one attached hydrogen (secondary N) is 1. The van der Waals surface area contributed by atoms with Crippen molar-refractivity contribution >= 4 is 5.82 Å². The van der Waals surface area contributed by atoms with Gasteiger partial charge in [-0.3, -0.25) is 0 Å². The van der Waals surface area contributed by atoms with Crippen LogP contribution in [0.2, 0.25) is 0 Å². The lowest BCUT2D eigenvalue weighted by Crippen LogP contribution is -2.15. The minimum Gasteiger partial charge on any atom is -0.493 e. The SMILES string of the molecule is CCCNc1cc(OCC2CCCCC2)ccn1. The van der Waals surface area contributed by atoms with E-state index < -0.39 is 0 Å². The number of nitrogens with zero attached hydrogens (tertiary/aromatic N) is 1. The number of anilines is 1. The van der Waals surface area contributed by atoms with Crippen molar-refractivity contribution in [2.24, 2.45) is 5.92 Å². The van der Waals surface area contributed by atoms with Gasteiger partial charge in [-0.2, -0.15) is 0 Å². The van der Waals surface area contributed by atoms with Crippen molar-refractivity contribution in [3.05, 3.63) is 18.3 Å². The lowest BCUT2D eigenvalue weighted by molar-refractivity contribution is 0.209. The molecule has 3 nitrogen and oxygen atoms in total. The van der Waals surface area contributed by atoms with Crippen molar-refractivity contribution in [2.45, 2.75) is 45.4 Å². The van der Waals surface area contributed by atoms with Gasteiger partial charge in [0.15, 0.2) is 0 Å². The first-order valence-corrected chi connectivity index (χ1v) is 7.21. The number of hydrogen-bond donors (Lipinski definition) is 1. The Morgan fingerprint density at radius 3 is 2.94 bits per heavy atom. The van der Waals surface area contributed by atoms with E-state index in [0.717, 1.165) is 37.1 Å². The zero-order chi connectivity index (χ0) is 12.6. The van der Waals surface area contributed by atoms with Gasteiger partial charge >= 0.3 is 0 Å². The van der Waals surface area contributed by atoms with E-state index in [4.69, 9.17) is 4.74 Å². The number of ether oxygens (including phenoxy) is 1. The molecule has 0 aromatic carbocycles. The Hall–Kier alpha value is -1.25. The fourth-order valence-corrected chi connectivity index (χ4v) is 2.42. The van der Waals surface area contributed by atoms with Crippen molar-refractivity contribution in [1.29, 1.82) is 0 Å². The van der Waals surface area contributed by atoms with Gasteiger partial charge < -0.3 is 10.1 Å². The fourth-order valence-electron chi connectivity index (χ4n) is 2.42. The normalized spacial score (nSPS) is 16.5. The van der Waals surface area contributed by atoms with Crippen molar-refractivity contribution < 1.29 is 4.74 Å². The van der Waals surface area contributed by atoms with E-state index in [0.29, 0.717) is 0 Å². The van der Waals surface area contributed by atoms with Crippen LogP contribution in [-0.2, 0) is 0 Å². The number of rotatable bonds is 6. The Bertz CT molecular complexity index is 348. The van der Waals surface area contributed by atoms with Crippen molar-refractivity contribution in [1.82, 2.24) is 4.98 Å². The van der Waals surface area contributed by atoms with Crippen LogP contribution in [0.25, 0.3) is 0 Å². The molecule has 18 heavy (non-hydrogen) atoms. The molecule has 1 aliphatic rings. The summed E-state index contributed by atoms with van der Waals surface area (Å²) < 4.78 is 5.89. The second kappa shape index (κ2) is 7.24. The molecule has 0 spiro atoms. The molecule has 1 aromatic heterocycles. The maximum atomic E-state index is 5.89. The van der Waals surface area contributed by atoms with Gasteiger partial charge in [-0.05, 0) is 31.2 Å². The average molecular weight is 248 g/mol. The van der Waals surface area contributed by atoms with Gasteiger partial charge in [-0.25, -0.2) is 4.98 Å². The molecule has 1 heterocycles. The second-order valence-electron chi connectivity index (χ2n) is 5.12. The predicted octanol–water partition coefficient (Wildman–Crippen LogP) is 3.86. The summed E-state index contributed by atoms with van der Waals surface area (Å²) in [5.41, 5.74) is 0. The molecule has 2 rings (SSSR count). The van der Waals surface area contributed by atoms with Gasteiger partial charge in [0.05, 0.1) is 6.61 Å². The van der Waals surface area contributed by atoms with Crippen LogP contribution in [0.3, 0.4) is 0 Å². The molecule has 0 amide bonds. The lowest BCUT2D eigenvalue weighted by atomic mass is 9.90. The smallest absolute Gasteiger partial charge is 0.129 e. The zero-order valence-corrected chi connectivity index (χ0v) is 11.3. The first-order valence-electron chi connectivity index (χ1n) is 7.21. The zero-order valence-electron chi connectivity index (χ0n) is 11.3. The van der Waals surface area contributed by atoms with Crippen LogP contribution in [0, 0.1) is 5.92 Å². The van der Waals surface area contributed by atoms with Crippen molar-refractivity contribution in [2.75, 3.05) is 18.5 Å². The largest absolute Gasteiger partial charge is 0.493 e. The van der Waals surface area contributed by atoms with E-state index in [1.807, 2.05) is 18.3 Å². The van der Waals surface area contributed by atoms with Crippen LogP contribution < -0.4 is 10.1 Å². The highest BCUT2D eigenvalue weighted by atomic mass is 16.5. The van der Waals surface area contributed by atoms with Crippen molar-refractivity contribution in [3.63, 3.8) is 0 Å². The quantitative estimate of drug-likeness (QED) is 0.830. The summed E-state index contributed by atoms with van der Waals surface area (Å²) in [5, 5.41) is 3.28. The van der Waals surface area contributed by atoms with Gasteiger partial charge in [0.25, 0.3) is 0 Å². The molecule has 1 aromatic rings. The highest BCUT2D eigenvalue weighted by molar-refractivity contribution is 5.40. The van der Waals surface area contributed by atoms with E-state index in [-0.39, 0.29) is 0 Å². The minimum absolute atomic E-state index is 0.749. The molecule has 0 unspecified atom stereocenters. The monoisotopic (exact) mass is 248 g/mol. The standard InChI is InChI=1S/C15H24N2O/c1-2-9-16-15-11-14(8-10-17-15)18-12-13-6-4-3-5-7-13/h8,10-11,13H,2-7,9,12H2,1H3,(H,16,17). The van der Waals surface area contributed by atoms with Gasteiger partial charge in [0.2, 0.25) is 0 Å². The summed E-state index contributed by atoms with van der Waals surface area (Å²) in [4.78, 5) is 4.28. The van der Waals surface area contributed by atoms with E-state index >= 15 is 0 Å². The molecule has 1 saturated carbocycles. The topological polar surface area (TPSA) is 34.1 Å². The van der Waals surface area contributed by atoms with Crippen LogP contribution in [0.15, 0.2) is 18.3 Å². The van der Waals surface area contributed by atoms with Crippen LogP contribution in [0.4, 0.5) is 5.82 Å². The summed E-state index contributed by atoms with van der Waals surface area (Å²) >= 11 is 0. The summed E-state index contributed by atoms with van der Waals surface area (Å²) in [7, 11) is 0. The molecule has 1 N–H and O–H groups in total. The third-order valence-electron chi connectivity index (χ3n) is 3.50. The molecule has 1 fully saturated rings. The summed E-state index contributed by atoms with van der Waals surface area (Å²) in [5.74, 6) is 2.60. The van der Waals surface area contributed by atoms with Crippen LogP contribution >= 0.6 is 0 Å². The van der Waals surface area contributed by atoms with Crippen LogP contribution in [-0.4, -0.2) is 18.1 Å². The Kier molecular flexibility index (Phi) is 5.31. The van der Waals surface area contributed by atoms with Gasteiger partial charge in [0, 0.05) is 18.8 Å². The first kappa shape index (κ1) is 13.2. The molecule has 0 aliphatic heterocycles. The number of pyridine rings is 1. The molecule has 100 valence electrons. The molecular formula is C15H24N2O. The summed E-state index contributed by atoms with van der Waals surface area (Å²) in [6.45, 7) is 3.97. The molecule has 0 atom stereocenters. The van der Waals surface area contributed by atoms with Gasteiger partial charge in [-0.15, -0.1) is 0 Å².